The quantitative estimate of drug-likeness (QED) is 0.609. The summed E-state index contributed by atoms with van der Waals surface area (Å²) in [7, 11) is 0. The fourth-order valence-corrected chi connectivity index (χ4v) is 0.985. The monoisotopic (exact) mass is 150 g/mol. The molecule has 2 heteroatoms. The van der Waals surface area contributed by atoms with Crippen LogP contribution < -0.4 is 0 Å². The van der Waals surface area contributed by atoms with Gasteiger partial charge in [0.25, 0.3) is 0 Å². The summed E-state index contributed by atoms with van der Waals surface area (Å²) in [6, 6.07) is 0. The van der Waals surface area contributed by atoms with Crippen molar-refractivity contribution in [3.05, 3.63) is 36.6 Å². The number of hydrogen-bond acceptors (Lipinski definition) is 2. The summed E-state index contributed by atoms with van der Waals surface area (Å²) < 4.78 is 0. The van der Waals surface area contributed by atoms with E-state index in [9.17, 15) is 4.79 Å². The van der Waals surface area contributed by atoms with Crippen molar-refractivity contribution in [1.82, 2.24) is 0 Å². The molecule has 0 radical (unpaired) electrons. The van der Waals surface area contributed by atoms with E-state index in [1.165, 1.54) is 12.2 Å². The van der Waals surface area contributed by atoms with Gasteiger partial charge in [-0.05, 0) is 12.5 Å². The fraction of sp³-hybridized carbons (Fsp3) is 0.222. The molecular formula is C9H10O2. The number of hydrogen-bond donors (Lipinski definition) is 1. The lowest BCUT2D eigenvalue weighted by Crippen LogP contribution is -2.12. The van der Waals surface area contributed by atoms with Gasteiger partial charge in [0.05, 0.1) is 0 Å². The Bertz CT molecular complexity index is 236. The normalized spacial score (nSPS) is 23.1. The third-order valence-electron chi connectivity index (χ3n) is 1.58. The third kappa shape index (κ3) is 1.80. The molecule has 0 amide bonds. The molecule has 0 heterocycles. The van der Waals surface area contributed by atoms with Crippen molar-refractivity contribution >= 4 is 5.78 Å². The first-order valence-electron chi connectivity index (χ1n) is 3.47. The molecule has 0 saturated carbocycles. The first-order chi connectivity index (χ1) is 5.24. The Kier molecular flexibility index (Phi) is 2.26. The van der Waals surface area contributed by atoms with Crippen LogP contribution in [0, 0.1) is 5.92 Å². The second kappa shape index (κ2) is 3.19. The molecule has 0 bridgehead atoms. The van der Waals surface area contributed by atoms with Gasteiger partial charge in [-0.2, -0.15) is 0 Å². The van der Waals surface area contributed by atoms with Gasteiger partial charge in [-0.1, -0.05) is 12.2 Å². The van der Waals surface area contributed by atoms with Gasteiger partial charge in [-0.25, -0.2) is 0 Å². The van der Waals surface area contributed by atoms with Crippen LogP contribution >= 0.6 is 0 Å². The number of carbonyl (C=O) groups is 1. The van der Waals surface area contributed by atoms with E-state index >= 15 is 0 Å². The van der Waals surface area contributed by atoms with Crippen molar-refractivity contribution in [2.24, 2.45) is 5.92 Å². The number of aliphatic hydroxyl groups is 1. The molecule has 0 aromatic carbocycles. The third-order valence-corrected chi connectivity index (χ3v) is 1.58. The summed E-state index contributed by atoms with van der Waals surface area (Å²) in [6.07, 6.45) is 6.81. The Hall–Kier alpha value is -1.31. The van der Waals surface area contributed by atoms with Gasteiger partial charge in [0.2, 0.25) is 0 Å². The van der Waals surface area contributed by atoms with Crippen LogP contribution in [0.3, 0.4) is 0 Å². The molecule has 0 spiro atoms. The SMILES string of the molecule is C=CCC1C=CC(O)=CC1=O. The minimum Gasteiger partial charge on any atom is -0.508 e. The molecule has 1 aliphatic carbocycles. The zero-order chi connectivity index (χ0) is 8.27. The summed E-state index contributed by atoms with van der Waals surface area (Å²) >= 11 is 0. The second-order valence-electron chi connectivity index (χ2n) is 2.46. The highest BCUT2D eigenvalue weighted by Crippen LogP contribution is 2.14. The molecule has 2 nitrogen and oxygen atoms in total. The zero-order valence-corrected chi connectivity index (χ0v) is 6.16. The van der Waals surface area contributed by atoms with Crippen molar-refractivity contribution < 1.29 is 9.90 Å². The van der Waals surface area contributed by atoms with E-state index in [0.29, 0.717) is 6.42 Å². The van der Waals surface area contributed by atoms with Crippen LogP contribution in [0.2, 0.25) is 0 Å². The molecule has 0 fully saturated rings. The summed E-state index contributed by atoms with van der Waals surface area (Å²) in [4.78, 5) is 11.1. The number of rotatable bonds is 2. The van der Waals surface area contributed by atoms with E-state index in [1.807, 2.05) is 0 Å². The molecule has 1 aliphatic rings. The predicted molar refractivity (Wildman–Crippen MR) is 43.2 cm³/mol. The van der Waals surface area contributed by atoms with Gasteiger partial charge in [-0.3, -0.25) is 4.79 Å². The van der Waals surface area contributed by atoms with Crippen molar-refractivity contribution in [3.8, 4) is 0 Å². The number of carbonyl (C=O) groups excluding carboxylic acids is 1. The van der Waals surface area contributed by atoms with E-state index in [1.54, 1.807) is 12.2 Å². The Morgan fingerprint density at radius 3 is 3.00 bits per heavy atom. The van der Waals surface area contributed by atoms with Crippen molar-refractivity contribution in [3.63, 3.8) is 0 Å². The highest BCUT2D eigenvalue weighted by atomic mass is 16.3. The van der Waals surface area contributed by atoms with Gasteiger partial charge in [-0.15, -0.1) is 6.58 Å². The van der Waals surface area contributed by atoms with Crippen LogP contribution in [0.5, 0.6) is 0 Å². The van der Waals surface area contributed by atoms with Crippen LogP contribution in [-0.4, -0.2) is 10.9 Å². The van der Waals surface area contributed by atoms with Crippen molar-refractivity contribution in [2.75, 3.05) is 0 Å². The van der Waals surface area contributed by atoms with Gasteiger partial charge >= 0.3 is 0 Å². The highest BCUT2D eigenvalue weighted by molar-refractivity contribution is 5.95. The summed E-state index contributed by atoms with van der Waals surface area (Å²) in [5, 5.41) is 8.89. The van der Waals surface area contributed by atoms with Gasteiger partial charge in [0.1, 0.15) is 5.76 Å². The maximum absolute atomic E-state index is 11.1. The Labute approximate surface area is 65.5 Å². The maximum Gasteiger partial charge on any atom is 0.166 e. The zero-order valence-electron chi connectivity index (χ0n) is 6.16. The Morgan fingerprint density at radius 1 is 1.73 bits per heavy atom. The molecule has 1 atom stereocenters. The lowest BCUT2D eigenvalue weighted by Gasteiger charge is -2.09. The van der Waals surface area contributed by atoms with E-state index in [2.05, 4.69) is 6.58 Å². The average Bonchev–Trinajstić information content (AvgIpc) is 1.95. The van der Waals surface area contributed by atoms with Crippen molar-refractivity contribution in [2.45, 2.75) is 6.42 Å². The molecule has 0 aliphatic heterocycles. The maximum atomic E-state index is 11.1. The van der Waals surface area contributed by atoms with E-state index in [4.69, 9.17) is 5.11 Å². The largest absolute Gasteiger partial charge is 0.508 e. The number of allylic oxidation sites excluding steroid dienone is 4. The second-order valence-corrected chi connectivity index (χ2v) is 2.46. The minimum atomic E-state index is -0.122. The summed E-state index contributed by atoms with van der Waals surface area (Å²) in [6.45, 7) is 3.54. The molecule has 1 N–H and O–H groups in total. The molecule has 11 heavy (non-hydrogen) atoms. The lowest BCUT2D eigenvalue weighted by molar-refractivity contribution is -0.117. The average molecular weight is 150 g/mol. The first-order valence-corrected chi connectivity index (χ1v) is 3.47. The van der Waals surface area contributed by atoms with Crippen LogP contribution in [0.15, 0.2) is 36.6 Å². The van der Waals surface area contributed by atoms with Crippen LogP contribution in [0.25, 0.3) is 0 Å². The number of aliphatic hydroxyl groups excluding tert-OH is 1. The van der Waals surface area contributed by atoms with Crippen LogP contribution in [-0.2, 0) is 4.79 Å². The molecular weight excluding hydrogens is 140 g/mol. The van der Waals surface area contributed by atoms with Gasteiger partial charge in [0, 0.05) is 12.0 Å². The molecule has 1 rings (SSSR count). The smallest absolute Gasteiger partial charge is 0.166 e. The molecule has 58 valence electrons. The van der Waals surface area contributed by atoms with Crippen LogP contribution in [0.1, 0.15) is 6.42 Å². The minimum absolute atomic E-state index is 0.0373. The number of ketones is 1. The standard InChI is InChI=1S/C9H10O2/c1-2-3-7-4-5-8(10)6-9(7)11/h2,4-7,10H,1,3H2. The Morgan fingerprint density at radius 2 is 2.45 bits per heavy atom. The Balaban J connectivity index is 2.69. The fourth-order valence-electron chi connectivity index (χ4n) is 0.985. The highest BCUT2D eigenvalue weighted by Gasteiger charge is 2.15. The molecule has 0 saturated heterocycles. The van der Waals surface area contributed by atoms with E-state index in [0.717, 1.165) is 0 Å². The van der Waals surface area contributed by atoms with Crippen LogP contribution in [0.4, 0.5) is 0 Å². The topological polar surface area (TPSA) is 37.3 Å². The van der Waals surface area contributed by atoms with E-state index < -0.39 is 0 Å². The predicted octanol–water partition coefficient (Wildman–Crippen LogP) is 1.76. The lowest BCUT2D eigenvalue weighted by atomic mass is 9.95. The van der Waals surface area contributed by atoms with Gasteiger partial charge in [0.15, 0.2) is 5.78 Å². The van der Waals surface area contributed by atoms with Crippen molar-refractivity contribution in [1.29, 1.82) is 0 Å². The first kappa shape index (κ1) is 7.79. The van der Waals surface area contributed by atoms with Gasteiger partial charge < -0.3 is 5.11 Å². The molecule has 0 aromatic rings. The summed E-state index contributed by atoms with van der Waals surface area (Å²) in [5.41, 5.74) is 0. The molecule has 0 aromatic heterocycles. The summed E-state index contributed by atoms with van der Waals surface area (Å²) in [5.74, 6) is -0.136. The molecule has 1 unspecified atom stereocenters. The van der Waals surface area contributed by atoms with E-state index in [-0.39, 0.29) is 17.5 Å².